The van der Waals surface area contributed by atoms with Gasteiger partial charge in [0, 0.05) is 17.3 Å². The fourth-order valence-electron chi connectivity index (χ4n) is 1.48. The molecule has 0 atom stereocenters. The van der Waals surface area contributed by atoms with Crippen LogP contribution in [0.1, 0.15) is 23.1 Å². The number of aromatic amines is 1. The van der Waals surface area contributed by atoms with Gasteiger partial charge in [-0.2, -0.15) is 13.2 Å². The van der Waals surface area contributed by atoms with Crippen molar-refractivity contribution in [3.05, 3.63) is 33.2 Å². The number of rotatable bonds is 3. The minimum Gasteiger partial charge on any atom is -0.469 e. The third-order valence-corrected chi connectivity index (χ3v) is 2.29. The molecule has 0 bridgehead atoms. The molecule has 106 valence electrons. The number of ether oxygens (including phenoxy) is 1. The monoisotopic (exact) mass is 285 g/mol. The largest absolute Gasteiger partial charge is 0.469 e. The molecule has 0 saturated carbocycles. The summed E-state index contributed by atoms with van der Waals surface area (Å²) in [4.78, 5) is 24.0. The van der Waals surface area contributed by atoms with E-state index in [1.54, 1.807) is 4.98 Å². The molecule has 0 aromatic carbocycles. The van der Waals surface area contributed by atoms with Crippen LogP contribution in [0.15, 0.2) is 11.0 Å². The average Bonchev–Trinajstić information content (AvgIpc) is 2.29. The van der Waals surface area contributed by atoms with E-state index in [1.807, 2.05) is 0 Å². The minimum absolute atomic E-state index is 0.288. The van der Waals surface area contributed by atoms with Gasteiger partial charge in [0.25, 0.3) is 12.0 Å². The van der Waals surface area contributed by atoms with Crippen molar-refractivity contribution in [2.24, 2.45) is 0 Å². The molecule has 1 aromatic heterocycles. The predicted molar refractivity (Wildman–Crippen MR) is 52.7 cm³/mol. The lowest BCUT2D eigenvalue weighted by Crippen LogP contribution is -2.25. The summed E-state index contributed by atoms with van der Waals surface area (Å²) in [6.45, 7) is 0. The minimum atomic E-state index is -5.18. The number of pyridine rings is 1. The lowest BCUT2D eigenvalue weighted by atomic mass is 10.0. The summed E-state index contributed by atoms with van der Waals surface area (Å²) in [5.41, 5.74) is -5.53. The third-order valence-electron chi connectivity index (χ3n) is 2.29. The number of esters is 1. The van der Waals surface area contributed by atoms with Crippen molar-refractivity contribution >= 4 is 5.97 Å². The zero-order valence-electron chi connectivity index (χ0n) is 9.48. The summed E-state index contributed by atoms with van der Waals surface area (Å²) >= 11 is 0. The Morgan fingerprint density at radius 1 is 1.42 bits per heavy atom. The molecule has 0 aliphatic rings. The molecule has 19 heavy (non-hydrogen) atoms. The number of H-pyrrole nitrogens is 1. The van der Waals surface area contributed by atoms with Crippen molar-refractivity contribution in [1.82, 2.24) is 4.98 Å². The van der Waals surface area contributed by atoms with Gasteiger partial charge in [-0.3, -0.25) is 9.59 Å². The van der Waals surface area contributed by atoms with E-state index in [9.17, 15) is 31.5 Å². The molecule has 0 unspecified atom stereocenters. The Labute approximate surface area is 103 Å². The van der Waals surface area contributed by atoms with Crippen molar-refractivity contribution in [1.29, 1.82) is 0 Å². The molecule has 1 N–H and O–H groups in total. The topological polar surface area (TPSA) is 59.2 Å². The van der Waals surface area contributed by atoms with Crippen molar-refractivity contribution in [2.75, 3.05) is 7.11 Å². The number of hydrogen-bond donors (Lipinski definition) is 1. The zero-order chi connectivity index (χ0) is 14.8. The molecule has 0 radical (unpaired) electrons. The first-order chi connectivity index (χ1) is 8.68. The molecule has 1 heterocycles. The van der Waals surface area contributed by atoms with Crippen LogP contribution < -0.4 is 5.56 Å². The standard InChI is InChI=1S/C10H8F5NO3/c1-19-6(17)2-4-7(10(13,14)15)5(8(11)12)3-16-9(4)18/h3,8H,2H2,1H3,(H,16,18). The summed E-state index contributed by atoms with van der Waals surface area (Å²) in [6.07, 6.45) is -9.37. The second kappa shape index (κ2) is 5.37. The maximum Gasteiger partial charge on any atom is 0.417 e. The molecular weight excluding hydrogens is 277 g/mol. The molecule has 0 spiro atoms. The van der Waals surface area contributed by atoms with E-state index in [-0.39, 0.29) is 6.20 Å². The highest BCUT2D eigenvalue weighted by molar-refractivity contribution is 5.73. The van der Waals surface area contributed by atoms with Crippen LogP contribution >= 0.6 is 0 Å². The van der Waals surface area contributed by atoms with Gasteiger partial charge in [-0.25, -0.2) is 8.78 Å². The Kier molecular flexibility index (Phi) is 4.28. The van der Waals surface area contributed by atoms with E-state index in [1.165, 1.54) is 0 Å². The van der Waals surface area contributed by atoms with Crippen LogP contribution in [0.2, 0.25) is 0 Å². The molecule has 9 heteroatoms. The predicted octanol–water partition coefficient (Wildman–Crippen LogP) is 2.05. The van der Waals surface area contributed by atoms with Crippen molar-refractivity contribution in [2.45, 2.75) is 19.0 Å². The fourth-order valence-corrected chi connectivity index (χ4v) is 1.48. The first-order valence-electron chi connectivity index (χ1n) is 4.85. The van der Waals surface area contributed by atoms with Crippen LogP contribution in [0.3, 0.4) is 0 Å². The van der Waals surface area contributed by atoms with Gasteiger partial charge in [0.2, 0.25) is 0 Å². The Bertz CT molecular complexity index is 535. The molecule has 0 amide bonds. The molecule has 0 aliphatic heterocycles. The lowest BCUT2D eigenvalue weighted by molar-refractivity contribution is -0.142. The van der Waals surface area contributed by atoms with E-state index in [4.69, 9.17) is 0 Å². The summed E-state index contributed by atoms with van der Waals surface area (Å²) < 4.78 is 67.5. The van der Waals surface area contributed by atoms with E-state index >= 15 is 0 Å². The SMILES string of the molecule is COC(=O)Cc1c(C(F)(F)F)c(C(F)F)c[nH]c1=O. The highest BCUT2D eigenvalue weighted by Crippen LogP contribution is 2.37. The molecule has 0 fully saturated rings. The molecule has 1 aromatic rings. The Morgan fingerprint density at radius 3 is 2.42 bits per heavy atom. The summed E-state index contributed by atoms with van der Waals surface area (Å²) in [5.74, 6) is -1.14. The highest BCUT2D eigenvalue weighted by Gasteiger charge is 2.40. The number of aromatic nitrogens is 1. The van der Waals surface area contributed by atoms with Crippen molar-refractivity contribution in [3.63, 3.8) is 0 Å². The lowest BCUT2D eigenvalue weighted by Gasteiger charge is -2.15. The molecular formula is C10H8F5NO3. The number of hydrogen-bond acceptors (Lipinski definition) is 3. The van der Waals surface area contributed by atoms with Crippen LogP contribution in [0.25, 0.3) is 0 Å². The highest BCUT2D eigenvalue weighted by atomic mass is 19.4. The fraction of sp³-hybridized carbons (Fsp3) is 0.400. The Hall–Kier alpha value is -1.93. The molecule has 0 aliphatic carbocycles. The molecule has 0 saturated heterocycles. The number of carbonyl (C=O) groups excluding carboxylic acids is 1. The van der Waals surface area contributed by atoms with E-state index in [2.05, 4.69) is 4.74 Å². The normalized spacial score (nSPS) is 11.7. The second-order valence-corrected chi connectivity index (χ2v) is 3.48. The number of alkyl halides is 5. The maximum absolute atomic E-state index is 12.8. The van der Waals surface area contributed by atoms with Crippen LogP contribution in [-0.4, -0.2) is 18.1 Å². The summed E-state index contributed by atoms with van der Waals surface area (Å²) in [6, 6.07) is 0. The van der Waals surface area contributed by atoms with Gasteiger partial charge < -0.3 is 9.72 Å². The van der Waals surface area contributed by atoms with E-state index in [0.29, 0.717) is 0 Å². The first kappa shape index (κ1) is 15.1. The quantitative estimate of drug-likeness (QED) is 0.683. The number of methoxy groups -OCH3 is 1. The second-order valence-electron chi connectivity index (χ2n) is 3.48. The van der Waals surface area contributed by atoms with Gasteiger partial charge in [0.05, 0.1) is 19.1 Å². The van der Waals surface area contributed by atoms with E-state index < -0.39 is 47.2 Å². The smallest absolute Gasteiger partial charge is 0.417 e. The number of nitrogens with one attached hydrogen (secondary N) is 1. The van der Waals surface area contributed by atoms with Gasteiger partial charge >= 0.3 is 12.1 Å². The zero-order valence-corrected chi connectivity index (χ0v) is 9.48. The van der Waals surface area contributed by atoms with Crippen LogP contribution in [0.5, 0.6) is 0 Å². The average molecular weight is 285 g/mol. The maximum atomic E-state index is 12.8. The first-order valence-corrected chi connectivity index (χ1v) is 4.85. The van der Waals surface area contributed by atoms with Crippen molar-refractivity contribution < 1.29 is 31.5 Å². The van der Waals surface area contributed by atoms with Crippen LogP contribution in [0.4, 0.5) is 22.0 Å². The molecule has 4 nitrogen and oxygen atoms in total. The van der Waals surface area contributed by atoms with Crippen LogP contribution in [0, 0.1) is 0 Å². The van der Waals surface area contributed by atoms with Gasteiger partial charge in [-0.1, -0.05) is 0 Å². The summed E-state index contributed by atoms with van der Waals surface area (Å²) in [5, 5.41) is 0. The number of carbonyl (C=O) groups is 1. The van der Waals surface area contributed by atoms with Gasteiger partial charge in [0.15, 0.2) is 0 Å². The third kappa shape index (κ3) is 3.30. The van der Waals surface area contributed by atoms with Gasteiger partial charge in [-0.05, 0) is 0 Å². The number of halogens is 5. The Morgan fingerprint density at radius 2 is 2.00 bits per heavy atom. The van der Waals surface area contributed by atoms with E-state index in [0.717, 1.165) is 7.11 Å². The van der Waals surface area contributed by atoms with Gasteiger partial charge in [0.1, 0.15) is 0 Å². The van der Waals surface area contributed by atoms with Gasteiger partial charge in [-0.15, -0.1) is 0 Å². The molecule has 1 rings (SSSR count). The van der Waals surface area contributed by atoms with Crippen LogP contribution in [-0.2, 0) is 22.1 Å². The summed E-state index contributed by atoms with van der Waals surface area (Å²) in [7, 11) is 0.904. The Balaban J connectivity index is 3.54. The van der Waals surface area contributed by atoms with Crippen molar-refractivity contribution in [3.8, 4) is 0 Å².